The number of benzene rings is 2. The van der Waals surface area contributed by atoms with Gasteiger partial charge in [-0.05, 0) is 36.2 Å². The van der Waals surface area contributed by atoms with Crippen LogP contribution in [0.3, 0.4) is 0 Å². The molecule has 1 heterocycles. The monoisotopic (exact) mass is 497 g/mol. The quantitative estimate of drug-likeness (QED) is 0.351. The molecule has 0 radical (unpaired) electrons. The van der Waals surface area contributed by atoms with Crippen molar-refractivity contribution < 1.29 is 14.2 Å². The zero-order chi connectivity index (χ0) is 18.9. The lowest BCUT2D eigenvalue weighted by molar-refractivity contribution is 0.297. The van der Waals surface area contributed by atoms with Gasteiger partial charge in [0.2, 0.25) is 0 Å². The lowest BCUT2D eigenvalue weighted by Gasteiger charge is -2.14. The Balaban J connectivity index is 0.00000280. The van der Waals surface area contributed by atoms with Gasteiger partial charge in [0.1, 0.15) is 5.75 Å². The van der Waals surface area contributed by atoms with E-state index in [2.05, 4.69) is 28.6 Å². The summed E-state index contributed by atoms with van der Waals surface area (Å²) in [5.41, 5.74) is 2.03. The number of anilines is 1. The smallest absolute Gasteiger partial charge is 0.195 e. The molecule has 0 bridgehead atoms. The van der Waals surface area contributed by atoms with E-state index < -0.39 is 0 Å². The second-order valence-corrected chi connectivity index (χ2v) is 6.26. The molecule has 2 aromatic rings. The molecule has 0 unspecified atom stereocenters. The molecular weight excluding hydrogens is 469 g/mol. The van der Waals surface area contributed by atoms with Crippen molar-refractivity contribution in [3.8, 4) is 17.2 Å². The van der Waals surface area contributed by atoms with Crippen molar-refractivity contribution in [2.45, 2.75) is 26.3 Å². The summed E-state index contributed by atoms with van der Waals surface area (Å²) in [6, 6.07) is 13.9. The predicted octanol–water partition coefficient (Wildman–Crippen LogP) is 4.44. The number of ether oxygens (including phenoxy) is 3. The molecule has 2 aromatic carbocycles. The highest BCUT2D eigenvalue weighted by Crippen LogP contribution is 2.32. The van der Waals surface area contributed by atoms with Crippen LogP contribution in [-0.4, -0.2) is 32.8 Å². The van der Waals surface area contributed by atoms with E-state index in [0.717, 1.165) is 47.9 Å². The van der Waals surface area contributed by atoms with Gasteiger partial charge in [-0.15, -0.1) is 24.0 Å². The maximum Gasteiger partial charge on any atom is 0.195 e. The number of hydrogen-bond donors (Lipinski definition) is 2. The largest absolute Gasteiger partial charge is 0.494 e. The number of halogens is 1. The van der Waals surface area contributed by atoms with E-state index in [1.54, 1.807) is 7.05 Å². The lowest BCUT2D eigenvalue weighted by Crippen LogP contribution is -2.30. The van der Waals surface area contributed by atoms with Crippen LogP contribution in [0, 0.1) is 0 Å². The Morgan fingerprint density at radius 1 is 1.11 bits per heavy atom. The Kier molecular flexibility index (Phi) is 9.19. The van der Waals surface area contributed by atoms with E-state index in [-0.39, 0.29) is 24.0 Å². The van der Waals surface area contributed by atoms with Crippen LogP contribution in [0.15, 0.2) is 47.5 Å². The summed E-state index contributed by atoms with van der Waals surface area (Å²) in [5.74, 6) is 3.12. The molecule has 0 fully saturated rings. The summed E-state index contributed by atoms with van der Waals surface area (Å²) in [6.07, 6.45) is 1.89. The van der Waals surface area contributed by atoms with Crippen LogP contribution in [0.25, 0.3) is 0 Å². The first kappa shape index (κ1) is 22.1. The number of aliphatic imine (C=N–C) groups is 1. The maximum absolute atomic E-state index is 5.74. The second kappa shape index (κ2) is 11.6. The number of fused-ring (bicyclic) bond motifs is 1. The summed E-state index contributed by atoms with van der Waals surface area (Å²) in [6.45, 7) is 4.82. The van der Waals surface area contributed by atoms with Gasteiger partial charge < -0.3 is 24.8 Å². The van der Waals surface area contributed by atoms with Crippen molar-refractivity contribution in [3.63, 3.8) is 0 Å². The molecule has 152 valence electrons. The van der Waals surface area contributed by atoms with Gasteiger partial charge in [0.15, 0.2) is 17.5 Å². The highest BCUT2D eigenvalue weighted by atomic mass is 127. The van der Waals surface area contributed by atoms with E-state index in [1.165, 1.54) is 0 Å². The fourth-order valence-corrected chi connectivity index (χ4v) is 2.71. The topological polar surface area (TPSA) is 64.1 Å². The van der Waals surface area contributed by atoms with Crippen molar-refractivity contribution in [1.29, 1.82) is 0 Å². The lowest BCUT2D eigenvalue weighted by atomic mass is 10.2. The Morgan fingerprint density at radius 3 is 2.71 bits per heavy atom. The molecule has 1 aliphatic heterocycles. The Bertz CT molecular complexity index is 783. The number of nitrogens with zero attached hydrogens (tertiary/aromatic N) is 1. The molecule has 1 aliphatic rings. The normalized spacial score (nSPS) is 13.1. The predicted molar refractivity (Wildman–Crippen MR) is 124 cm³/mol. The zero-order valence-corrected chi connectivity index (χ0v) is 18.7. The fraction of sp³-hybridized carbons (Fsp3) is 0.381. The van der Waals surface area contributed by atoms with Crippen molar-refractivity contribution in [3.05, 3.63) is 48.0 Å². The van der Waals surface area contributed by atoms with Gasteiger partial charge in [-0.2, -0.15) is 0 Å². The molecule has 7 heteroatoms. The highest BCUT2D eigenvalue weighted by Gasteiger charge is 2.11. The molecular formula is C21H28IN3O3. The van der Waals surface area contributed by atoms with Crippen LogP contribution < -0.4 is 24.8 Å². The summed E-state index contributed by atoms with van der Waals surface area (Å²) in [4.78, 5) is 4.29. The van der Waals surface area contributed by atoms with Gasteiger partial charge in [0, 0.05) is 31.8 Å². The molecule has 2 N–H and O–H groups in total. The van der Waals surface area contributed by atoms with E-state index in [9.17, 15) is 0 Å². The van der Waals surface area contributed by atoms with Gasteiger partial charge in [-0.3, -0.25) is 4.99 Å². The van der Waals surface area contributed by atoms with E-state index in [0.29, 0.717) is 25.7 Å². The third kappa shape index (κ3) is 6.47. The average Bonchev–Trinajstić information content (AvgIpc) is 2.94. The molecule has 0 aliphatic carbocycles. The van der Waals surface area contributed by atoms with Crippen LogP contribution in [0.5, 0.6) is 17.2 Å². The molecule has 0 saturated heterocycles. The Hall–Kier alpha value is -2.16. The number of nitrogens with one attached hydrogen (secondary N) is 2. The summed E-state index contributed by atoms with van der Waals surface area (Å²) in [7, 11) is 1.75. The van der Waals surface area contributed by atoms with Crippen LogP contribution in [0.4, 0.5) is 5.69 Å². The first-order valence-corrected chi connectivity index (χ1v) is 9.37. The molecule has 0 saturated carbocycles. The van der Waals surface area contributed by atoms with Gasteiger partial charge >= 0.3 is 0 Å². The van der Waals surface area contributed by atoms with Crippen molar-refractivity contribution in [2.24, 2.45) is 4.99 Å². The zero-order valence-electron chi connectivity index (χ0n) is 16.4. The minimum Gasteiger partial charge on any atom is -0.494 e. The van der Waals surface area contributed by atoms with Crippen molar-refractivity contribution in [1.82, 2.24) is 5.32 Å². The van der Waals surface area contributed by atoms with Crippen LogP contribution in [-0.2, 0) is 6.54 Å². The molecule has 0 atom stereocenters. The second-order valence-electron chi connectivity index (χ2n) is 6.26. The van der Waals surface area contributed by atoms with Crippen LogP contribution in [0.2, 0.25) is 0 Å². The van der Waals surface area contributed by atoms with Crippen LogP contribution in [0.1, 0.15) is 25.3 Å². The standard InChI is InChI=1S/C21H27N3O3.HI/c1-3-10-25-18-7-4-6-16(13-18)15-23-21(22-2)24-17-8-9-19-20(14-17)27-12-5-11-26-19;/h4,6-9,13-14H,3,5,10-12,15H2,1-2H3,(H2,22,23,24);1H. The van der Waals surface area contributed by atoms with E-state index in [1.807, 2.05) is 36.4 Å². The minimum atomic E-state index is 0. The summed E-state index contributed by atoms with van der Waals surface area (Å²) in [5, 5.41) is 6.61. The fourth-order valence-electron chi connectivity index (χ4n) is 2.71. The summed E-state index contributed by atoms with van der Waals surface area (Å²) < 4.78 is 17.1. The first-order valence-electron chi connectivity index (χ1n) is 9.37. The van der Waals surface area contributed by atoms with Gasteiger partial charge in [-0.1, -0.05) is 19.1 Å². The number of guanidine groups is 1. The van der Waals surface area contributed by atoms with Crippen molar-refractivity contribution >= 4 is 35.6 Å². The molecule has 28 heavy (non-hydrogen) atoms. The van der Waals surface area contributed by atoms with E-state index >= 15 is 0 Å². The third-order valence-corrected chi connectivity index (χ3v) is 4.07. The third-order valence-electron chi connectivity index (χ3n) is 4.07. The van der Waals surface area contributed by atoms with E-state index in [4.69, 9.17) is 14.2 Å². The van der Waals surface area contributed by atoms with Crippen molar-refractivity contribution in [2.75, 3.05) is 32.2 Å². The first-order chi connectivity index (χ1) is 13.3. The molecule has 6 nitrogen and oxygen atoms in total. The molecule has 3 rings (SSSR count). The Morgan fingerprint density at radius 2 is 1.93 bits per heavy atom. The van der Waals surface area contributed by atoms with Gasteiger partial charge in [0.05, 0.1) is 19.8 Å². The number of hydrogen-bond acceptors (Lipinski definition) is 4. The van der Waals surface area contributed by atoms with Gasteiger partial charge in [0.25, 0.3) is 0 Å². The Labute approximate surface area is 183 Å². The van der Waals surface area contributed by atoms with Crippen LogP contribution >= 0.6 is 24.0 Å². The highest BCUT2D eigenvalue weighted by molar-refractivity contribution is 14.0. The maximum atomic E-state index is 5.74. The van der Waals surface area contributed by atoms with Gasteiger partial charge in [-0.25, -0.2) is 0 Å². The minimum absolute atomic E-state index is 0. The molecule has 0 amide bonds. The average molecular weight is 497 g/mol. The number of rotatable bonds is 6. The summed E-state index contributed by atoms with van der Waals surface area (Å²) >= 11 is 0. The SMILES string of the molecule is CCCOc1cccc(CNC(=NC)Nc2ccc3c(c2)OCCCO3)c1.I. The molecule has 0 aromatic heterocycles. The molecule has 0 spiro atoms.